The van der Waals surface area contributed by atoms with Gasteiger partial charge in [0, 0.05) is 12.0 Å². The highest BCUT2D eigenvalue weighted by Gasteiger charge is 2.20. The van der Waals surface area contributed by atoms with Crippen molar-refractivity contribution in [1.82, 2.24) is 0 Å². The molecule has 0 aliphatic heterocycles. The molecule has 0 saturated heterocycles. The summed E-state index contributed by atoms with van der Waals surface area (Å²) >= 11 is 1.60. The standard InChI is InChI=1S/C16H17NO2S/c1-19-15(12-8-4-3-5-9-12)16(18)17-13-10-6-7-11-14(13)20-2/h3-11,15H,1-2H3,(H,17,18)/t15-/m0/s1. The minimum absolute atomic E-state index is 0.166. The molecule has 0 bridgehead atoms. The summed E-state index contributed by atoms with van der Waals surface area (Å²) in [7, 11) is 1.54. The average molecular weight is 287 g/mol. The van der Waals surface area contributed by atoms with E-state index in [1.54, 1.807) is 11.8 Å². The van der Waals surface area contributed by atoms with Crippen molar-refractivity contribution >= 4 is 23.4 Å². The van der Waals surface area contributed by atoms with Crippen LogP contribution in [-0.2, 0) is 9.53 Å². The van der Waals surface area contributed by atoms with E-state index in [1.165, 1.54) is 7.11 Å². The summed E-state index contributed by atoms with van der Waals surface area (Å²) in [5, 5.41) is 2.93. The van der Waals surface area contributed by atoms with Gasteiger partial charge in [0.05, 0.1) is 5.69 Å². The first-order valence-electron chi connectivity index (χ1n) is 6.28. The molecule has 20 heavy (non-hydrogen) atoms. The van der Waals surface area contributed by atoms with Gasteiger partial charge in [-0.05, 0) is 24.0 Å². The molecule has 0 saturated carbocycles. The molecule has 2 aromatic carbocycles. The largest absolute Gasteiger partial charge is 0.367 e. The zero-order valence-electron chi connectivity index (χ0n) is 11.5. The van der Waals surface area contributed by atoms with Crippen LogP contribution in [-0.4, -0.2) is 19.3 Å². The van der Waals surface area contributed by atoms with E-state index in [4.69, 9.17) is 4.74 Å². The molecule has 1 amide bonds. The third-order valence-electron chi connectivity index (χ3n) is 2.94. The van der Waals surface area contributed by atoms with Crippen molar-refractivity contribution in [2.45, 2.75) is 11.0 Å². The van der Waals surface area contributed by atoms with Crippen LogP contribution in [0.5, 0.6) is 0 Å². The molecular weight excluding hydrogens is 270 g/mol. The smallest absolute Gasteiger partial charge is 0.258 e. The highest BCUT2D eigenvalue weighted by atomic mass is 32.2. The van der Waals surface area contributed by atoms with Crippen molar-refractivity contribution in [2.24, 2.45) is 0 Å². The molecule has 0 heterocycles. The number of amides is 1. The number of rotatable bonds is 5. The normalized spacial score (nSPS) is 11.9. The Bertz CT molecular complexity index is 572. The predicted molar refractivity (Wildman–Crippen MR) is 83.0 cm³/mol. The van der Waals surface area contributed by atoms with Crippen molar-refractivity contribution in [3.63, 3.8) is 0 Å². The van der Waals surface area contributed by atoms with Crippen LogP contribution >= 0.6 is 11.8 Å². The number of thioether (sulfide) groups is 1. The van der Waals surface area contributed by atoms with Crippen LogP contribution in [0.2, 0.25) is 0 Å². The summed E-state index contributed by atoms with van der Waals surface area (Å²) in [6, 6.07) is 17.2. The number of benzene rings is 2. The van der Waals surface area contributed by atoms with E-state index in [-0.39, 0.29) is 5.91 Å². The molecule has 2 rings (SSSR count). The first-order valence-corrected chi connectivity index (χ1v) is 7.50. The van der Waals surface area contributed by atoms with Crippen molar-refractivity contribution in [2.75, 3.05) is 18.7 Å². The van der Waals surface area contributed by atoms with Crippen LogP contribution in [0.3, 0.4) is 0 Å². The topological polar surface area (TPSA) is 38.3 Å². The van der Waals surface area contributed by atoms with Gasteiger partial charge < -0.3 is 10.1 Å². The Labute approximate surface area is 123 Å². The van der Waals surface area contributed by atoms with Gasteiger partial charge in [0.2, 0.25) is 0 Å². The van der Waals surface area contributed by atoms with E-state index in [1.807, 2.05) is 60.9 Å². The first-order chi connectivity index (χ1) is 9.76. The Balaban J connectivity index is 2.18. The Morgan fingerprint density at radius 1 is 1.10 bits per heavy atom. The molecule has 4 heteroatoms. The van der Waals surface area contributed by atoms with Crippen LogP contribution in [0.25, 0.3) is 0 Å². The SMILES string of the molecule is CO[C@H](C(=O)Nc1ccccc1SC)c1ccccc1. The van der Waals surface area contributed by atoms with Crippen LogP contribution in [0.15, 0.2) is 59.5 Å². The summed E-state index contributed by atoms with van der Waals surface area (Å²) in [6.07, 6.45) is 1.38. The molecule has 1 atom stereocenters. The summed E-state index contributed by atoms with van der Waals surface area (Å²) < 4.78 is 5.33. The molecule has 0 unspecified atom stereocenters. The van der Waals surface area contributed by atoms with E-state index >= 15 is 0 Å². The van der Waals surface area contributed by atoms with Crippen LogP contribution in [0, 0.1) is 0 Å². The van der Waals surface area contributed by atoms with E-state index in [0.717, 1.165) is 16.1 Å². The lowest BCUT2D eigenvalue weighted by Gasteiger charge is -2.16. The fourth-order valence-corrected chi connectivity index (χ4v) is 2.52. The minimum atomic E-state index is -0.605. The van der Waals surface area contributed by atoms with Gasteiger partial charge in [-0.1, -0.05) is 42.5 Å². The number of hydrogen-bond donors (Lipinski definition) is 1. The van der Waals surface area contributed by atoms with Gasteiger partial charge in [0.15, 0.2) is 6.10 Å². The monoisotopic (exact) mass is 287 g/mol. The summed E-state index contributed by atoms with van der Waals surface area (Å²) in [4.78, 5) is 13.4. The van der Waals surface area contributed by atoms with E-state index in [9.17, 15) is 4.79 Å². The van der Waals surface area contributed by atoms with E-state index in [0.29, 0.717) is 0 Å². The Morgan fingerprint density at radius 2 is 1.75 bits per heavy atom. The Hall–Kier alpha value is -1.78. The van der Waals surface area contributed by atoms with Crippen molar-refractivity contribution in [3.8, 4) is 0 Å². The number of nitrogens with one attached hydrogen (secondary N) is 1. The average Bonchev–Trinajstić information content (AvgIpc) is 2.49. The highest BCUT2D eigenvalue weighted by Crippen LogP contribution is 2.26. The minimum Gasteiger partial charge on any atom is -0.367 e. The lowest BCUT2D eigenvalue weighted by molar-refractivity contribution is -0.126. The first kappa shape index (κ1) is 14.6. The molecule has 0 radical (unpaired) electrons. The maximum Gasteiger partial charge on any atom is 0.258 e. The number of carbonyl (C=O) groups excluding carboxylic acids is 1. The summed E-state index contributed by atoms with van der Waals surface area (Å²) in [6.45, 7) is 0. The van der Waals surface area contributed by atoms with Gasteiger partial charge in [-0.2, -0.15) is 0 Å². The van der Waals surface area contributed by atoms with Crippen LogP contribution < -0.4 is 5.32 Å². The summed E-state index contributed by atoms with van der Waals surface area (Å²) in [5.41, 5.74) is 1.65. The lowest BCUT2D eigenvalue weighted by atomic mass is 10.1. The number of hydrogen-bond acceptors (Lipinski definition) is 3. The molecule has 2 aromatic rings. The number of anilines is 1. The molecule has 104 valence electrons. The lowest BCUT2D eigenvalue weighted by Crippen LogP contribution is -2.22. The predicted octanol–water partition coefficient (Wildman–Crippen LogP) is 3.73. The fourth-order valence-electron chi connectivity index (χ4n) is 1.97. The molecule has 0 aliphatic carbocycles. The third-order valence-corrected chi connectivity index (χ3v) is 3.74. The van der Waals surface area contributed by atoms with Gasteiger partial charge in [-0.25, -0.2) is 0 Å². The molecule has 3 nitrogen and oxygen atoms in total. The van der Waals surface area contributed by atoms with Crippen molar-refractivity contribution in [1.29, 1.82) is 0 Å². The third kappa shape index (κ3) is 3.40. The maximum absolute atomic E-state index is 12.4. The second kappa shape index (κ2) is 7.12. The molecular formula is C16H17NO2S. The van der Waals surface area contributed by atoms with Crippen LogP contribution in [0.1, 0.15) is 11.7 Å². The Kier molecular flexibility index (Phi) is 5.21. The number of ether oxygens (including phenoxy) is 1. The van der Waals surface area contributed by atoms with Gasteiger partial charge in [-0.3, -0.25) is 4.79 Å². The van der Waals surface area contributed by atoms with Gasteiger partial charge in [0.25, 0.3) is 5.91 Å². The fraction of sp³-hybridized carbons (Fsp3) is 0.188. The quantitative estimate of drug-likeness (QED) is 0.851. The van der Waals surface area contributed by atoms with Crippen molar-refractivity contribution < 1.29 is 9.53 Å². The zero-order valence-corrected chi connectivity index (χ0v) is 12.3. The molecule has 0 spiro atoms. The van der Waals surface area contributed by atoms with Gasteiger partial charge >= 0.3 is 0 Å². The van der Waals surface area contributed by atoms with Crippen molar-refractivity contribution in [3.05, 3.63) is 60.2 Å². The number of carbonyl (C=O) groups is 1. The molecule has 0 fully saturated rings. The maximum atomic E-state index is 12.4. The van der Waals surface area contributed by atoms with Gasteiger partial charge in [-0.15, -0.1) is 11.8 Å². The summed E-state index contributed by atoms with van der Waals surface area (Å²) in [5.74, 6) is -0.166. The molecule has 0 aliphatic rings. The molecule has 1 N–H and O–H groups in total. The second-order valence-corrected chi connectivity index (χ2v) is 5.06. The molecule has 0 aromatic heterocycles. The second-order valence-electron chi connectivity index (χ2n) is 4.22. The zero-order chi connectivity index (χ0) is 14.4. The number of para-hydroxylation sites is 1. The van der Waals surface area contributed by atoms with Gasteiger partial charge in [0.1, 0.15) is 0 Å². The van der Waals surface area contributed by atoms with E-state index < -0.39 is 6.10 Å². The van der Waals surface area contributed by atoms with Crippen LogP contribution in [0.4, 0.5) is 5.69 Å². The number of methoxy groups -OCH3 is 1. The van der Waals surface area contributed by atoms with E-state index in [2.05, 4.69) is 5.32 Å². The Morgan fingerprint density at radius 3 is 2.40 bits per heavy atom. The highest BCUT2D eigenvalue weighted by molar-refractivity contribution is 7.98.